The second-order valence-corrected chi connectivity index (χ2v) is 7.38. The minimum absolute atomic E-state index is 0.0170. The lowest BCUT2D eigenvalue weighted by Gasteiger charge is -2.05. The molecule has 0 fully saturated rings. The Morgan fingerprint density at radius 1 is 1.22 bits per heavy atom. The van der Waals surface area contributed by atoms with Crippen LogP contribution in [0.2, 0.25) is 5.28 Å². The molecule has 0 bridgehead atoms. The summed E-state index contributed by atoms with van der Waals surface area (Å²) in [6.07, 6.45) is 4.74. The van der Waals surface area contributed by atoms with Gasteiger partial charge in [0.05, 0.1) is 6.33 Å². The zero-order valence-electron chi connectivity index (χ0n) is 14.3. The van der Waals surface area contributed by atoms with Gasteiger partial charge in [0.2, 0.25) is 11.2 Å². The molecule has 0 aliphatic rings. The van der Waals surface area contributed by atoms with Crippen molar-refractivity contribution in [3.63, 3.8) is 0 Å². The van der Waals surface area contributed by atoms with E-state index in [0.717, 1.165) is 17.5 Å². The number of imidazole rings is 1. The van der Waals surface area contributed by atoms with Crippen LogP contribution in [0, 0.1) is 0 Å². The molecule has 3 aromatic heterocycles. The van der Waals surface area contributed by atoms with Crippen LogP contribution in [0.3, 0.4) is 0 Å². The van der Waals surface area contributed by atoms with Gasteiger partial charge in [-0.15, -0.1) is 11.8 Å². The average Bonchev–Trinajstić information content (AvgIpc) is 3.29. The maximum atomic E-state index is 12.1. The van der Waals surface area contributed by atoms with Gasteiger partial charge in [-0.2, -0.15) is 4.98 Å². The zero-order chi connectivity index (χ0) is 18.6. The van der Waals surface area contributed by atoms with Crippen LogP contribution < -0.4 is 5.32 Å². The number of para-hydroxylation sites is 1. The van der Waals surface area contributed by atoms with Crippen LogP contribution in [-0.2, 0) is 11.2 Å². The lowest BCUT2D eigenvalue weighted by atomic mass is 10.1. The van der Waals surface area contributed by atoms with Gasteiger partial charge in [0.25, 0.3) is 0 Å². The Morgan fingerprint density at radius 2 is 2.11 bits per heavy atom. The molecule has 0 atom stereocenters. The van der Waals surface area contributed by atoms with Gasteiger partial charge in [0, 0.05) is 35.8 Å². The summed E-state index contributed by atoms with van der Waals surface area (Å²) >= 11 is 7.37. The van der Waals surface area contributed by atoms with Crippen LogP contribution in [0.15, 0.2) is 41.8 Å². The maximum absolute atomic E-state index is 12.1. The number of hydrogen-bond donors (Lipinski definition) is 3. The molecule has 27 heavy (non-hydrogen) atoms. The topological polar surface area (TPSA) is 99.3 Å². The van der Waals surface area contributed by atoms with Crippen molar-refractivity contribution >= 4 is 51.3 Å². The van der Waals surface area contributed by atoms with Gasteiger partial charge in [-0.3, -0.25) is 4.79 Å². The number of carbonyl (C=O) groups excluding carboxylic acids is 1. The minimum atomic E-state index is 0.0170. The first-order valence-corrected chi connectivity index (χ1v) is 9.88. The molecule has 4 aromatic rings. The van der Waals surface area contributed by atoms with Gasteiger partial charge >= 0.3 is 0 Å². The number of amides is 1. The van der Waals surface area contributed by atoms with E-state index in [-0.39, 0.29) is 11.2 Å². The number of hydrogen-bond acceptors (Lipinski definition) is 5. The standard InChI is InChI=1S/C18H17ClN6OS/c19-18-24-16-15(22-10-23-16)17(25-18)27-8-6-14(26)20-7-5-11-9-21-13-4-2-1-3-12(11)13/h1-4,9-10,21H,5-8H2,(H,20,26)(H,22,23,24,25). The van der Waals surface area contributed by atoms with Crippen molar-refractivity contribution in [2.24, 2.45) is 0 Å². The molecular formula is C18H17ClN6OS. The maximum Gasteiger partial charge on any atom is 0.225 e. The summed E-state index contributed by atoms with van der Waals surface area (Å²) in [7, 11) is 0. The molecule has 0 radical (unpaired) electrons. The number of halogens is 1. The zero-order valence-corrected chi connectivity index (χ0v) is 15.9. The number of nitrogens with one attached hydrogen (secondary N) is 3. The van der Waals surface area contributed by atoms with Crippen molar-refractivity contribution in [1.82, 2.24) is 30.2 Å². The third-order valence-corrected chi connectivity index (χ3v) is 5.33. The number of H-pyrrole nitrogens is 2. The highest BCUT2D eigenvalue weighted by Crippen LogP contribution is 2.24. The summed E-state index contributed by atoms with van der Waals surface area (Å²) in [5.41, 5.74) is 3.59. The lowest BCUT2D eigenvalue weighted by molar-refractivity contribution is -0.120. The van der Waals surface area contributed by atoms with Gasteiger partial charge in [0.15, 0.2) is 5.65 Å². The largest absolute Gasteiger partial charge is 0.361 e. The molecule has 3 N–H and O–H groups in total. The van der Waals surface area contributed by atoms with Crippen LogP contribution >= 0.6 is 23.4 Å². The highest BCUT2D eigenvalue weighted by Gasteiger charge is 2.11. The van der Waals surface area contributed by atoms with Crippen LogP contribution in [0.1, 0.15) is 12.0 Å². The number of benzene rings is 1. The summed E-state index contributed by atoms with van der Waals surface area (Å²) in [4.78, 5) is 30.7. The van der Waals surface area contributed by atoms with E-state index < -0.39 is 0 Å². The molecule has 0 saturated carbocycles. The molecule has 3 heterocycles. The summed E-state index contributed by atoms with van der Waals surface area (Å²) in [5, 5.41) is 5.03. The van der Waals surface area contributed by atoms with Crippen molar-refractivity contribution in [3.8, 4) is 0 Å². The lowest BCUT2D eigenvalue weighted by Crippen LogP contribution is -2.25. The molecule has 138 valence electrons. The monoisotopic (exact) mass is 400 g/mol. The van der Waals surface area contributed by atoms with Gasteiger partial charge < -0.3 is 15.3 Å². The Kier molecular flexibility index (Phi) is 5.26. The molecule has 0 saturated heterocycles. The van der Waals surface area contributed by atoms with Crippen molar-refractivity contribution in [2.75, 3.05) is 12.3 Å². The minimum Gasteiger partial charge on any atom is -0.361 e. The number of fused-ring (bicyclic) bond motifs is 2. The highest BCUT2D eigenvalue weighted by atomic mass is 35.5. The van der Waals surface area contributed by atoms with Gasteiger partial charge in [-0.1, -0.05) is 18.2 Å². The fourth-order valence-electron chi connectivity index (χ4n) is 2.89. The van der Waals surface area contributed by atoms with E-state index in [1.54, 1.807) is 6.33 Å². The van der Waals surface area contributed by atoms with E-state index in [0.29, 0.717) is 29.4 Å². The fourth-order valence-corrected chi connectivity index (χ4v) is 4.03. The first kappa shape index (κ1) is 17.8. The van der Waals surface area contributed by atoms with Gasteiger partial charge in [0.1, 0.15) is 10.5 Å². The van der Waals surface area contributed by atoms with Crippen LogP contribution in [0.5, 0.6) is 0 Å². The van der Waals surface area contributed by atoms with Gasteiger partial charge in [-0.05, 0) is 29.7 Å². The van der Waals surface area contributed by atoms with E-state index in [1.165, 1.54) is 22.7 Å². The van der Waals surface area contributed by atoms with Crippen LogP contribution in [-0.4, -0.2) is 43.1 Å². The van der Waals surface area contributed by atoms with E-state index in [1.807, 2.05) is 24.4 Å². The van der Waals surface area contributed by atoms with Crippen molar-refractivity contribution < 1.29 is 4.79 Å². The molecule has 0 unspecified atom stereocenters. The van der Waals surface area contributed by atoms with E-state index in [9.17, 15) is 4.79 Å². The number of rotatable bonds is 7. The molecule has 1 aromatic carbocycles. The number of nitrogens with zero attached hydrogens (tertiary/aromatic N) is 3. The SMILES string of the molecule is O=C(CCSc1nc(Cl)nc2nc[nH]c12)NCCc1c[nH]c2ccccc12. The Morgan fingerprint density at radius 3 is 3.04 bits per heavy atom. The third-order valence-electron chi connectivity index (χ3n) is 4.18. The molecule has 1 amide bonds. The Balaban J connectivity index is 1.26. The predicted octanol–water partition coefficient (Wildman–Crippen LogP) is 3.33. The number of aromatic nitrogens is 5. The van der Waals surface area contributed by atoms with E-state index >= 15 is 0 Å². The molecule has 4 rings (SSSR count). The molecular weight excluding hydrogens is 384 g/mol. The van der Waals surface area contributed by atoms with Crippen molar-refractivity contribution in [1.29, 1.82) is 0 Å². The molecule has 0 aliphatic heterocycles. The summed E-state index contributed by atoms with van der Waals surface area (Å²) < 4.78 is 0. The van der Waals surface area contributed by atoms with Crippen LogP contribution in [0.25, 0.3) is 22.1 Å². The summed E-state index contributed by atoms with van der Waals surface area (Å²) in [6.45, 7) is 0.607. The van der Waals surface area contributed by atoms with Crippen LogP contribution in [0.4, 0.5) is 0 Å². The smallest absolute Gasteiger partial charge is 0.225 e. The summed E-state index contributed by atoms with van der Waals surface area (Å²) in [6, 6.07) is 8.16. The van der Waals surface area contributed by atoms with Crippen molar-refractivity contribution in [2.45, 2.75) is 17.9 Å². The quantitative estimate of drug-likeness (QED) is 0.251. The van der Waals surface area contributed by atoms with Crippen molar-refractivity contribution in [3.05, 3.63) is 47.6 Å². The first-order valence-electron chi connectivity index (χ1n) is 8.52. The number of carbonyl (C=O) groups is 1. The normalized spacial score (nSPS) is 11.3. The Labute approximate surface area is 164 Å². The first-order chi connectivity index (χ1) is 13.2. The second-order valence-electron chi connectivity index (χ2n) is 5.96. The highest BCUT2D eigenvalue weighted by molar-refractivity contribution is 7.99. The third kappa shape index (κ3) is 4.06. The van der Waals surface area contributed by atoms with Gasteiger partial charge in [-0.25, -0.2) is 9.97 Å². The van der Waals surface area contributed by atoms with E-state index in [2.05, 4.69) is 36.3 Å². The van der Waals surface area contributed by atoms with E-state index in [4.69, 9.17) is 11.6 Å². The molecule has 0 spiro atoms. The second kappa shape index (κ2) is 7.98. The Bertz CT molecular complexity index is 1090. The molecule has 7 nitrogen and oxygen atoms in total. The predicted molar refractivity (Wildman–Crippen MR) is 107 cm³/mol. The Hall–Kier alpha value is -2.58. The summed E-state index contributed by atoms with van der Waals surface area (Å²) in [5.74, 6) is 0.615. The molecule has 0 aliphatic carbocycles. The molecule has 9 heteroatoms. The average molecular weight is 401 g/mol. The number of aromatic amines is 2. The fraction of sp³-hybridized carbons (Fsp3) is 0.222. The number of thioether (sulfide) groups is 1.